The van der Waals surface area contributed by atoms with Gasteiger partial charge in [-0.25, -0.2) is 0 Å². The zero-order valence-electron chi connectivity index (χ0n) is 11.2. The molecule has 1 unspecified atom stereocenters. The number of nitrogens with zero attached hydrogens (tertiary/aromatic N) is 2. The molecule has 1 aromatic rings. The summed E-state index contributed by atoms with van der Waals surface area (Å²) < 4.78 is 5.62. The summed E-state index contributed by atoms with van der Waals surface area (Å²) in [6.45, 7) is 3.86. The largest absolute Gasteiger partial charge is 0.492 e. The van der Waals surface area contributed by atoms with Crippen molar-refractivity contribution in [3.8, 4) is 5.75 Å². The van der Waals surface area contributed by atoms with Crippen LogP contribution < -0.4 is 10.1 Å². The fourth-order valence-electron chi connectivity index (χ4n) is 1.45. The molecule has 4 heteroatoms. The standard InChI is InChI=1S/C13H23N3O/c1-11(14-2)13-7-6-12(10-15-13)17-9-5-8-16(3)4/h6-7,10-11,14H,5,8-9H2,1-4H3. The molecule has 0 radical (unpaired) electrons. The summed E-state index contributed by atoms with van der Waals surface area (Å²) in [6.07, 6.45) is 2.82. The summed E-state index contributed by atoms with van der Waals surface area (Å²) in [5.74, 6) is 0.843. The Labute approximate surface area is 104 Å². The first-order valence-electron chi connectivity index (χ1n) is 6.04. The smallest absolute Gasteiger partial charge is 0.137 e. The number of pyridine rings is 1. The van der Waals surface area contributed by atoms with E-state index in [0.717, 1.165) is 31.0 Å². The van der Waals surface area contributed by atoms with E-state index in [1.165, 1.54) is 0 Å². The molecule has 17 heavy (non-hydrogen) atoms. The van der Waals surface area contributed by atoms with Crippen molar-refractivity contribution in [1.82, 2.24) is 15.2 Å². The van der Waals surface area contributed by atoms with E-state index in [1.807, 2.05) is 19.2 Å². The van der Waals surface area contributed by atoms with Crippen LogP contribution in [0.4, 0.5) is 0 Å². The van der Waals surface area contributed by atoms with Crippen LogP contribution in [0.5, 0.6) is 5.75 Å². The molecule has 0 aliphatic carbocycles. The van der Waals surface area contributed by atoms with Crippen LogP contribution in [-0.2, 0) is 0 Å². The average molecular weight is 237 g/mol. The van der Waals surface area contributed by atoms with Crippen LogP contribution in [0.1, 0.15) is 25.1 Å². The predicted molar refractivity (Wildman–Crippen MR) is 70.4 cm³/mol. The van der Waals surface area contributed by atoms with Gasteiger partial charge < -0.3 is 15.0 Å². The Bertz CT molecular complexity index is 311. The van der Waals surface area contributed by atoms with Crippen molar-refractivity contribution < 1.29 is 4.74 Å². The third-order valence-electron chi connectivity index (χ3n) is 2.65. The first-order chi connectivity index (χ1) is 8.13. The highest BCUT2D eigenvalue weighted by Gasteiger charge is 2.03. The van der Waals surface area contributed by atoms with Gasteiger partial charge in [-0.15, -0.1) is 0 Å². The van der Waals surface area contributed by atoms with Gasteiger partial charge in [-0.2, -0.15) is 0 Å². The molecule has 4 nitrogen and oxygen atoms in total. The molecule has 0 saturated heterocycles. The molecule has 0 spiro atoms. The number of aromatic nitrogens is 1. The van der Waals surface area contributed by atoms with Gasteiger partial charge >= 0.3 is 0 Å². The molecule has 1 rings (SSSR count). The zero-order valence-corrected chi connectivity index (χ0v) is 11.2. The van der Waals surface area contributed by atoms with E-state index < -0.39 is 0 Å². The Hall–Kier alpha value is -1.13. The summed E-state index contributed by atoms with van der Waals surface area (Å²) in [7, 11) is 6.06. The lowest BCUT2D eigenvalue weighted by molar-refractivity contribution is 0.280. The molecule has 0 bridgehead atoms. The van der Waals surface area contributed by atoms with Gasteiger partial charge in [0.15, 0.2) is 0 Å². The highest BCUT2D eigenvalue weighted by atomic mass is 16.5. The van der Waals surface area contributed by atoms with Crippen molar-refractivity contribution in [3.63, 3.8) is 0 Å². The predicted octanol–water partition coefficient (Wildman–Crippen LogP) is 1.69. The van der Waals surface area contributed by atoms with Gasteiger partial charge in [0.25, 0.3) is 0 Å². The Morgan fingerprint density at radius 1 is 1.41 bits per heavy atom. The van der Waals surface area contributed by atoms with Gasteiger partial charge in [0, 0.05) is 12.6 Å². The molecule has 0 aliphatic rings. The van der Waals surface area contributed by atoms with Crippen molar-refractivity contribution in [3.05, 3.63) is 24.0 Å². The van der Waals surface area contributed by atoms with Gasteiger partial charge in [-0.3, -0.25) is 4.98 Å². The second-order valence-corrected chi connectivity index (χ2v) is 4.43. The first-order valence-corrected chi connectivity index (χ1v) is 6.04. The molecule has 0 aromatic carbocycles. The highest BCUT2D eigenvalue weighted by Crippen LogP contribution is 2.13. The number of hydrogen-bond acceptors (Lipinski definition) is 4. The van der Waals surface area contributed by atoms with E-state index in [0.29, 0.717) is 0 Å². The monoisotopic (exact) mass is 237 g/mol. The fourth-order valence-corrected chi connectivity index (χ4v) is 1.45. The topological polar surface area (TPSA) is 37.4 Å². The zero-order chi connectivity index (χ0) is 12.7. The molecule has 1 N–H and O–H groups in total. The van der Waals surface area contributed by atoms with Crippen molar-refractivity contribution in [2.45, 2.75) is 19.4 Å². The van der Waals surface area contributed by atoms with Gasteiger partial charge in [-0.1, -0.05) is 0 Å². The SMILES string of the molecule is CNC(C)c1ccc(OCCCN(C)C)cn1. The van der Waals surface area contributed by atoms with E-state index in [1.54, 1.807) is 6.20 Å². The van der Waals surface area contributed by atoms with Crippen LogP contribution >= 0.6 is 0 Å². The van der Waals surface area contributed by atoms with Crippen molar-refractivity contribution in [2.24, 2.45) is 0 Å². The molecule has 96 valence electrons. The first kappa shape index (κ1) is 13.9. The second-order valence-electron chi connectivity index (χ2n) is 4.43. The average Bonchev–Trinajstić information content (AvgIpc) is 2.34. The van der Waals surface area contributed by atoms with Gasteiger partial charge in [0.1, 0.15) is 5.75 Å². The Morgan fingerprint density at radius 2 is 2.18 bits per heavy atom. The third-order valence-corrected chi connectivity index (χ3v) is 2.65. The quantitative estimate of drug-likeness (QED) is 0.732. The van der Waals surface area contributed by atoms with Crippen LogP contribution in [0.2, 0.25) is 0 Å². The fraction of sp³-hybridized carbons (Fsp3) is 0.615. The Morgan fingerprint density at radius 3 is 2.71 bits per heavy atom. The summed E-state index contributed by atoms with van der Waals surface area (Å²) in [4.78, 5) is 6.52. The molecule has 1 aromatic heterocycles. The molecular weight excluding hydrogens is 214 g/mol. The Balaban J connectivity index is 2.35. The van der Waals surface area contributed by atoms with E-state index in [-0.39, 0.29) is 6.04 Å². The summed E-state index contributed by atoms with van der Waals surface area (Å²) >= 11 is 0. The van der Waals surface area contributed by atoms with E-state index in [9.17, 15) is 0 Å². The molecular formula is C13H23N3O. The second kappa shape index (κ2) is 7.25. The van der Waals surface area contributed by atoms with Gasteiger partial charge in [0.05, 0.1) is 18.5 Å². The van der Waals surface area contributed by atoms with Crippen molar-refractivity contribution in [2.75, 3.05) is 34.3 Å². The molecule has 0 saturated carbocycles. The van der Waals surface area contributed by atoms with Crippen LogP contribution in [0.25, 0.3) is 0 Å². The van der Waals surface area contributed by atoms with Crippen LogP contribution in [0, 0.1) is 0 Å². The summed E-state index contributed by atoms with van der Waals surface area (Å²) in [5.41, 5.74) is 1.04. The van der Waals surface area contributed by atoms with E-state index in [2.05, 4.69) is 36.2 Å². The lowest BCUT2D eigenvalue weighted by Gasteiger charge is -2.12. The minimum atomic E-state index is 0.276. The molecule has 0 fully saturated rings. The van der Waals surface area contributed by atoms with Crippen LogP contribution in [0.3, 0.4) is 0 Å². The molecule has 1 atom stereocenters. The minimum absolute atomic E-state index is 0.276. The molecule has 1 heterocycles. The van der Waals surface area contributed by atoms with Crippen molar-refractivity contribution in [1.29, 1.82) is 0 Å². The lowest BCUT2D eigenvalue weighted by Crippen LogP contribution is -2.16. The maximum atomic E-state index is 5.62. The molecule has 0 amide bonds. The maximum Gasteiger partial charge on any atom is 0.137 e. The van der Waals surface area contributed by atoms with Crippen LogP contribution in [0.15, 0.2) is 18.3 Å². The van der Waals surface area contributed by atoms with Crippen molar-refractivity contribution >= 4 is 0 Å². The maximum absolute atomic E-state index is 5.62. The van der Waals surface area contributed by atoms with E-state index >= 15 is 0 Å². The summed E-state index contributed by atoms with van der Waals surface area (Å²) in [5, 5.41) is 3.16. The summed E-state index contributed by atoms with van der Waals surface area (Å²) in [6, 6.07) is 4.26. The number of hydrogen-bond donors (Lipinski definition) is 1. The molecule has 0 aliphatic heterocycles. The number of rotatable bonds is 7. The van der Waals surface area contributed by atoms with Gasteiger partial charge in [0.2, 0.25) is 0 Å². The minimum Gasteiger partial charge on any atom is -0.492 e. The lowest BCUT2D eigenvalue weighted by atomic mass is 10.2. The van der Waals surface area contributed by atoms with E-state index in [4.69, 9.17) is 4.74 Å². The Kier molecular flexibility index (Phi) is 5.94. The number of nitrogens with one attached hydrogen (secondary N) is 1. The van der Waals surface area contributed by atoms with Gasteiger partial charge in [-0.05, 0) is 46.6 Å². The number of ether oxygens (including phenoxy) is 1. The normalized spacial score (nSPS) is 12.8. The van der Waals surface area contributed by atoms with Crippen LogP contribution in [-0.4, -0.2) is 44.2 Å². The highest BCUT2D eigenvalue weighted by molar-refractivity contribution is 5.21. The third kappa shape index (κ3) is 5.15.